The summed E-state index contributed by atoms with van der Waals surface area (Å²) in [5, 5.41) is 4.09. The highest BCUT2D eigenvalue weighted by Gasteiger charge is 2.50. The van der Waals surface area contributed by atoms with Gasteiger partial charge in [0.05, 0.1) is 11.4 Å². The summed E-state index contributed by atoms with van der Waals surface area (Å²) in [4.78, 5) is 6.64. The third-order valence-electron chi connectivity index (χ3n) is 12.9. The molecule has 0 radical (unpaired) electrons. The summed E-state index contributed by atoms with van der Waals surface area (Å²) in [6, 6.07) is 71.6. The van der Waals surface area contributed by atoms with Crippen molar-refractivity contribution in [1.29, 1.82) is 0 Å². The number of fused-ring (bicyclic) bond motifs is 10. The molecule has 0 saturated heterocycles. The topological polar surface area (TPSA) is 62.3 Å². The van der Waals surface area contributed by atoms with E-state index in [1.165, 1.54) is 0 Å². The van der Waals surface area contributed by atoms with Gasteiger partial charge in [-0.15, -0.1) is 0 Å². The molecule has 7 nitrogen and oxygen atoms in total. The largest absolute Gasteiger partial charge is 0.440 e. The van der Waals surface area contributed by atoms with Gasteiger partial charge in [-0.1, -0.05) is 121 Å². The SMILES string of the molecule is c1ccc(N(c2ccccc2)c2ccc(-c3cc4c5c(c3)N(c3cc6ccccc6o3)c3oc6ccccc6c3B5c3c(oc5ccccc35)N4c3cc4ccccc4o3)cc2)cc1. The van der Waals surface area contributed by atoms with Crippen LogP contribution in [0.5, 0.6) is 0 Å². The maximum Gasteiger partial charge on any atom is 0.262 e. The van der Waals surface area contributed by atoms with Crippen molar-refractivity contribution >= 4 is 119 Å². The number of benzene rings is 8. The number of furan rings is 4. The van der Waals surface area contributed by atoms with Crippen LogP contribution in [0.25, 0.3) is 55.0 Å². The number of hydrogen-bond acceptors (Lipinski definition) is 7. The molecule has 0 unspecified atom stereocenters. The molecule has 8 heteroatoms. The standard InChI is InChI=1S/C56H34BN3O4/c1-3-17-39(18-4-1)58(40-19-5-2-6-20-40)41-29-27-35(28-30-41)38-31-44-54-45(32-38)60(51-34-37-16-8-12-24-47(37)62-51)56-53(43-22-10-14-26-49(43)64-56)57(54)52-42-21-9-13-25-48(42)63-55(52)59(44)50-33-36-15-7-11-23-46(36)61-50/h1-34H. The summed E-state index contributed by atoms with van der Waals surface area (Å²) < 4.78 is 27.7. The fourth-order valence-electron chi connectivity index (χ4n) is 10.1. The van der Waals surface area contributed by atoms with E-state index in [0.717, 1.165) is 99.8 Å². The predicted molar refractivity (Wildman–Crippen MR) is 260 cm³/mol. The Morgan fingerprint density at radius 1 is 0.344 bits per heavy atom. The zero-order chi connectivity index (χ0) is 41.9. The molecule has 0 fully saturated rings. The van der Waals surface area contributed by atoms with Crippen LogP contribution in [-0.2, 0) is 0 Å². The smallest absolute Gasteiger partial charge is 0.262 e. The lowest BCUT2D eigenvalue weighted by Crippen LogP contribution is -2.60. The van der Waals surface area contributed by atoms with E-state index < -0.39 is 0 Å². The first-order valence-electron chi connectivity index (χ1n) is 21.5. The van der Waals surface area contributed by atoms with E-state index in [-0.39, 0.29) is 6.71 Å². The van der Waals surface area contributed by atoms with Crippen LogP contribution < -0.4 is 31.1 Å². The number of para-hydroxylation sites is 6. The lowest BCUT2D eigenvalue weighted by Gasteiger charge is -2.39. The highest BCUT2D eigenvalue weighted by molar-refractivity contribution is 7.02. The maximum absolute atomic E-state index is 7.03. The average Bonchev–Trinajstić information content (AvgIpc) is 4.15. The molecule has 64 heavy (non-hydrogen) atoms. The molecule has 0 aliphatic carbocycles. The Balaban J connectivity index is 1.06. The zero-order valence-electron chi connectivity index (χ0n) is 34.2. The van der Waals surface area contributed by atoms with Crippen LogP contribution in [-0.4, -0.2) is 6.71 Å². The molecule has 2 aliphatic heterocycles. The van der Waals surface area contributed by atoms with E-state index >= 15 is 0 Å². The summed E-state index contributed by atoms with van der Waals surface area (Å²) in [5.74, 6) is 2.75. The Labute approximate surface area is 367 Å². The molecule has 300 valence electrons. The van der Waals surface area contributed by atoms with Gasteiger partial charge in [-0.2, -0.15) is 0 Å². The van der Waals surface area contributed by atoms with Gasteiger partial charge in [-0.05, 0) is 89.4 Å². The number of anilines is 9. The van der Waals surface area contributed by atoms with Crippen LogP contribution >= 0.6 is 0 Å². The van der Waals surface area contributed by atoms with Crippen LogP contribution in [0.4, 0.5) is 52.0 Å². The maximum atomic E-state index is 7.03. The second kappa shape index (κ2) is 13.4. The highest BCUT2D eigenvalue weighted by Crippen LogP contribution is 2.50. The van der Waals surface area contributed by atoms with E-state index in [0.29, 0.717) is 23.5 Å². The predicted octanol–water partition coefficient (Wildman–Crippen LogP) is 13.9. The number of hydrogen-bond donors (Lipinski definition) is 0. The molecule has 8 aromatic carbocycles. The number of rotatable bonds is 6. The van der Waals surface area contributed by atoms with Crippen molar-refractivity contribution in [2.75, 3.05) is 14.7 Å². The first-order chi connectivity index (χ1) is 31.7. The summed E-state index contributed by atoms with van der Waals surface area (Å²) in [5.41, 5.74) is 13.5. The second-order valence-electron chi connectivity index (χ2n) is 16.5. The molecule has 14 rings (SSSR count). The molecule has 0 amide bonds. The monoisotopic (exact) mass is 823 g/mol. The van der Waals surface area contributed by atoms with Crippen LogP contribution in [0.3, 0.4) is 0 Å². The molecular weight excluding hydrogens is 789 g/mol. The van der Waals surface area contributed by atoms with Crippen LogP contribution in [0, 0.1) is 0 Å². The van der Waals surface area contributed by atoms with Crippen molar-refractivity contribution in [3.8, 4) is 11.1 Å². The van der Waals surface area contributed by atoms with Crippen LogP contribution in [0.2, 0.25) is 0 Å². The minimum Gasteiger partial charge on any atom is -0.440 e. The molecule has 0 atom stereocenters. The third kappa shape index (κ3) is 5.11. The van der Waals surface area contributed by atoms with Crippen molar-refractivity contribution < 1.29 is 17.7 Å². The van der Waals surface area contributed by atoms with Crippen LogP contribution in [0.1, 0.15) is 0 Å². The van der Waals surface area contributed by atoms with Gasteiger partial charge in [0.25, 0.3) is 6.71 Å². The van der Waals surface area contributed by atoms with E-state index in [2.05, 4.69) is 172 Å². The normalized spacial score (nSPS) is 12.9. The van der Waals surface area contributed by atoms with Gasteiger partial charge in [0, 0.05) is 61.7 Å². The molecule has 0 saturated carbocycles. The lowest BCUT2D eigenvalue weighted by atomic mass is 9.33. The van der Waals surface area contributed by atoms with E-state index in [1.807, 2.05) is 48.5 Å². The van der Waals surface area contributed by atoms with Gasteiger partial charge in [-0.3, -0.25) is 9.80 Å². The quantitative estimate of drug-likeness (QED) is 0.155. The fourth-order valence-corrected chi connectivity index (χ4v) is 10.1. The van der Waals surface area contributed by atoms with Crippen molar-refractivity contribution in [2.24, 2.45) is 0 Å². The van der Waals surface area contributed by atoms with Gasteiger partial charge in [0.2, 0.25) is 23.5 Å². The molecule has 4 aromatic heterocycles. The Hall–Kier alpha value is -8.62. The number of nitrogens with zero attached hydrogens (tertiary/aromatic N) is 3. The molecule has 0 bridgehead atoms. The third-order valence-corrected chi connectivity index (χ3v) is 12.9. The van der Waals surface area contributed by atoms with E-state index in [1.54, 1.807) is 0 Å². The summed E-state index contributed by atoms with van der Waals surface area (Å²) in [7, 11) is 0. The van der Waals surface area contributed by atoms with Gasteiger partial charge in [0.15, 0.2) is 0 Å². The fraction of sp³-hybridized carbons (Fsp3) is 0. The summed E-state index contributed by atoms with van der Waals surface area (Å²) in [6.45, 7) is -0.259. The van der Waals surface area contributed by atoms with Gasteiger partial charge >= 0.3 is 0 Å². The molecule has 12 aromatic rings. The minimum atomic E-state index is -0.259. The molecule has 0 N–H and O–H groups in total. The minimum absolute atomic E-state index is 0.259. The van der Waals surface area contributed by atoms with Crippen molar-refractivity contribution in [1.82, 2.24) is 0 Å². The lowest BCUT2D eigenvalue weighted by molar-refractivity contribution is 0.582. The summed E-state index contributed by atoms with van der Waals surface area (Å²) in [6.07, 6.45) is 0. The van der Waals surface area contributed by atoms with Crippen LogP contribution in [0.15, 0.2) is 224 Å². The molecule has 0 spiro atoms. The molecule has 2 aliphatic rings. The van der Waals surface area contributed by atoms with Gasteiger partial charge < -0.3 is 22.6 Å². The first-order valence-corrected chi connectivity index (χ1v) is 21.5. The highest BCUT2D eigenvalue weighted by atomic mass is 16.4. The zero-order valence-corrected chi connectivity index (χ0v) is 34.2. The van der Waals surface area contributed by atoms with Crippen molar-refractivity contribution in [2.45, 2.75) is 0 Å². The van der Waals surface area contributed by atoms with Gasteiger partial charge in [-0.25, -0.2) is 0 Å². The Morgan fingerprint density at radius 3 is 1.25 bits per heavy atom. The van der Waals surface area contributed by atoms with Gasteiger partial charge in [0.1, 0.15) is 22.3 Å². The Kier molecular flexibility index (Phi) is 7.36. The van der Waals surface area contributed by atoms with E-state index in [9.17, 15) is 0 Å². The van der Waals surface area contributed by atoms with E-state index in [4.69, 9.17) is 17.7 Å². The first kappa shape index (κ1) is 35.0. The molecular formula is C56H34BN3O4. The molecule has 6 heterocycles. The Bertz CT molecular complexity index is 3490. The second-order valence-corrected chi connectivity index (χ2v) is 16.5. The Morgan fingerprint density at radius 2 is 0.766 bits per heavy atom. The average molecular weight is 824 g/mol. The summed E-state index contributed by atoms with van der Waals surface area (Å²) >= 11 is 0. The van der Waals surface area contributed by atoms with Crippen molar-refractivity contribution in [3.05, 3.63) is 206 Å². The van der Waals surface area contributed by atoms with Crippen molar-refractivity contribution in [3.63, 3.8) is 0 Å².